The van der Waals surface area contributed by atoms with Crippen LogP contribution >= 0.6 is 0 Å². The van der Waals surface area contributed by atoms with Gasteiger partial charge in [-0.3, -0.25) is 0 Å². The number of ether oxygens (including phenoxy) is 4. The maximum absolute atomic E-state index is 9.77. The summed E-state index contributed by atoms with van der Waals surface area (Å²) in [7, 11) is 1.59. The molecule has 2 atom stereocenters. The Morgan fingerprint density at radius 3 is 2.48 bits per heavy atom. The van der Waals surface area contributed by atoms with Crippen LogP contribution in [0.4, 0.5) is 0 Å². The molecule has 1 aromatic carbocycles. The third-order valence-electron chi connectivity index (χ3n) is 2.65. The molecule has 2 unspecified atom stereocenters. The number of para-hydroxylation sites is 1. The van der Waals surface area contributed by atoms with Crippen LogP contribution in [0.1, 0.15) is 0 Å². The SMILES string of the molecule is COCCOCC(CO)OCC(O)COc1ccccc1. The second-order valence-electron chi connectivity index (χ2n) is 4.48. The van der Waals surface area contributed by atoms with E-state index in [9.17, 15) is 5.11 Å². The topological polar surface area (TPSA) is 77.4 Å². The van der Waals surface area contributed by atoms with Crippen molar-refractivity contribution in [3.05, 3.63) is 30.3 Å². The monoisotopic (exact) mass is 300 g/mol. The fourth-order valence-corrected chi connectivity index (χ4v) is 1.51. The molecule has 21 heavy (non-hydrogen) atoms. The third kappa shape index (κ3) is 8.64. The minimum absolute atomic E-state index is 0.0751. The fourth-order valence-electron chi connectivity index (χ4n) is 1.51. The van der Waals surface area contributed by atoms with E-state index in [0.717, 1.165) is 0 Å². The lowest BCUT2D eigenvalue weighted by molar-refractivity contribution is -0.0781. The Morgan fingerprint density at radius 1 is 1.05 bits per heavy atom. The number of rotatable bonds is 12. The lowest BCUT2D eigenvalue weighted by Crippen LogP contribution is -2.31. The lowest BCUT2D eigenvalue weighted by Gasteiger charge is -2.18. The Hall–Kier alpha value is -1.18. The van der Waals surface area contributed by atoms with Crippen LogP contribution in [0.25, 0.3) is 0 Å². The molecule has 0 aliphatic heterocycles. The van der Waals surface area contributed by atoms with E-state index in [0.29, 0.717) is 19.0 Å². The molecule has 0 saturated heterocycles. The first kappa shape index (κ1) is 17.9. The predicted molar refractivity (Wildman–Crippen MR) is 77.5 cm³/mol. The van der Waals surface area contributed by atoms with Crippen LogP contribution < -0.4 is 4.74 Å². The zero-order valence-corrected chi connectivity index (χ0v) is 12.3. The highest BCUT2D eigenvalue weighted by molar-refractivity contribution is 5.20. The van der Waals surface area contributed by atoms with Gasteiger partial charge >= 0.3 is 0 Å². The molecule has 6 heteroatoms. The van der Waals surface area contributed by atoms with Crippen LogP contribution in [0.15, 0.2) is 30.3 Å². The summed E-state index contributed by atoms with van der Waals surface area (Å²) in [6.07, 6.45) is -1.23. The van der Waals surface area contributed by atoms with Crippen molar-refractivity contribution in [1.29, 1.82) is 0 Å². The van der Waals surface area contributed by atoms with E-state index in [-0.39, 0.29) is 26.4 Å². The molecule has 0 spiro atoms. The van der Waals surface area contributed by atoms with Crippen LogP contribution in [-0.4, -0.2) is 69.2 Å². The number of hydrogen-bond acceptors (Lipinski definition) is 6. The largest absolute Gasteiger partial charge is 0.491 e. The van der Waals surface area contributed by atoms with Gasteiger partial charge in [0.1, 0.15) is 24.6 Å². The van der Waals surface area contributed by atoms with E-state index >= 15 is 0 Å². The van der Waals surface area contributed by atoms with Crippen LogP contribution in [0.2, 0.25) is 0 Å². The van der Waals surface area contributed by atoms with E-state index in [1.165, 1.54) is 0 Å². The van der Waals surface area contributed by atoms with E-state index in [1.807, 2.05) is 30.3 Å². The van der Waals surface area contributed by atoms with Crippen LogP contribution in [0.5, 0.6) is 5.75 Å². The highest BCUT2D eigenvalue weighted by Crippen LogP contribution is 2.08. The minimum Gasteiger partial charge on any atom is -0.491 e. The number of aliphatic hydroxyl groups excluding tert-OH is 2. The summed E-state index contributed by atoms with van der Waals surface area (Å²) in [6, 6.07) is 9.23. The highest BCUT2D eigenvalue weighted by atomic mass is 16.6. The summed E-state index contributed by atoms with van der Waals surface area (Å²) < 4.78 is 20.9. The van der Waals surface area contributed by atoms with Crippen molar-refractivity contribution in [2.45, 2.75) is 12.2 Å². The van der Waals surface area contributed by atoms with Crippen molar-refractivity contribution in [3.8, 4) is 5.75 Å². The average molecular weight is 300 g/mol. The van der Waals surface area contributed by atoms with Crippen molar-refractivity contribution in [1.82, 2.24) is 0 Å². The molecule has 6 nitrogen and oxygen atoms in total. The van der Waals surface area contributed by atoms with Gasteiger partial charge in [-0.2, -0.15) is 0 Å². The fraction of sp³-hybridized carbons (Fsp3) is 0.600. The van der Waals surface area contributed by atoms with Gasteiger partial charge in [0.25, 0.3) is 0 Å². The van der Waals surface area contributed by atoms with Gasteiger partial charge in [-0.1, -0.05) is 18.2 Å². The molecule has 0 bridgehead atoms. The molecule has 1 rings (SSSR count). The molecule has 0 radical (unpaired) electrons. The van der Waals surface area contributed by atoms with Crippen molar-refractivity contribution in [3.63, 3.8) is 0 Å². The first-order valence-electron chi connectivity index (χ1n) is 6.91. The lowest BCUT2D eigenvalue weighted by atomic mass is 10.3. The zero-order chi connectivity index (χ0) is 15.3. The number of aliphatic hydroxyl groups is 2. The summed E-state index contributed by atoms with van der Waals surface area (Å²) in [5.41, 5.74) is 0. The molecule has 0 aliphatic carbocycles. The van der Waals surface area contributed by atoms with Gasteiger partial charge in [-0.15, -0.1) is 0 Å². The Labute approximate surface area is 125 Å². The molecule has 120 valence electrons. The van der Waals surface area contributed by atoms with Gasteiger partial charge in [-0.25, -0.2) is 0 Å². The van der Waals surface area contributed by atoms with E-state index in [1.54, 1.807) is 7.11 Å². The Kier molecular flexibility index (Phi) is 9.77. The first-order chi connectivity index (χ1) is 10.3. The molecular weight excluding hydrogens is 276 g/mol. The predicted octanol–water partition coefficient (Wildman–Crippen LogP) is 0.467. The molecule has 2 N–H and O–H groups in total. The van der Waals surface area contributed by atoms with Gasteiger partial charge in [0.15, 0.2) is 0 Å². The van der Waals surface area contributed by atoms with Crippen LogP contribution in [0, 0.1) is 0 Å². The van der Waals surface area contributed by atoms with Crippen molar-refractivity contribution >= 4 is 0 Å². The Morgan fingerprint density at radius 2 is 1.81 bits per heavy atom. The molecule has 0 amide bonds. The number of methoxy groups -OCH3 is 1. The molecule has 0 saturated carbocycles. The molecule has 0 heterocycles. The molecule has 0 aliphatic rings. The summed E-state index contributed by atoms with van der Waals surface area (Å²) in [6.45, 7) is 1.23. The van der Waals surface area contributed by atoms with Crippen molar-refractivity contribution in [2.24, 2.45) is 0 Å². The second kappa shape index (κ2) is 11.5. The van der Waals surface area contributed by atoms with Crippen molar-refractivity contribution < 1.29 is 29.2 Å². The molecule has 0 aromatic heterocycles. The Balaban J connectivity index is 2.13. The summed E-state index contributed by atoms with van der Waals surface area (Å²) in [5, 5.41) is 18.9. The van der Waals surface area contributed by atoms with Gasteiger partial charge in [0, 0.05) is 7.11 Å². The standard InChI is InChI=1S/C15H24O6/c1-18-7-8-19-12-15(9-16)21-11-13(17)10-20-14-5-3-2-4-6-14/h2-6,13,15-17H,7-12H2,1H3. The van der Waals surface area contributed by atoms with E-state index in [2.05, 4.69) is 0 Å². The van der Waals surface area contributed by atoms with Gasteiger partial charge in [-0.05, 0) is 12.1 Å². The first-order valence-corrected chi connectivity index (χ1v) is 6.91. The quantitative estimate of drug-likeness (QED) is 0.546. The second-order valence-corrected chi connectivity index (χ2v) is 4.48. The highest BCUT2D eigenvalue weighted by Gasteiger charge is 2.12. The molecule has 1 aromatic rings. The maximum Gasteiger partial charge on any atom is 0.119 e. The summed E-state index contributed by atoms with van der Waals surface area (Å²) in [5.74, 6) is 0.693. The smallest absolute Gasteiger partial charge is 0.119 e. The maximum atomic E-state index is 9.77. The molecular formula is C15H24O6. The summed E-state index contributed by atoms with van der Waals surface area (Å²) >= 11 is 0. The van der Waals surface area contributed by atoms with Crippen LogP contribution in [0.3, 0.4) is 0 Å². The van der Waals surface area contributed by atoms with Gasteiger partial charge < -0.3 is 29.2 Å². The Bertz CT molecular complexity index is 345. The van der Waals surface area contributed by atoms with Gasteiger partial charge in [0.05, 0.1) is 33.0 Å². The van der Waals surface area contributed by atoms with Crippen molar-refractivity contribution in [2.75, 3.05) is 46.8 Å². The number of benzene rings is 1. The minimum atomic E-state index is -0.766. The summed E-state index contributed by atoms with van der Waals surface area (Å²) in [4.78, 5) is 0. The average Bonchev–Trinajstić information content (AvgIpc) is 2.53. The van der Waals surface area contributed by atoms with Gasteiger partial charge in [0.2, 0.25) is 0 Å². The van der Waals surface area contributed by atoms with E-state index < -0.39 is 12.2 Å². The normalized spacial score (nSPS) is 13.9. The zero-order valence-electron chi connectivity index (χ0n) is 12.3. The molecule has 0 fully saturated rings. The third-order valence-corrected chi connectivity index (χ3v) is 2.65. The van der Waals surface area contributed by atoms with Crippen LogP contribution in [-0.2, 0) is 14.2 Å². The number of hydrogen-bond donors (Lipinski definition) is 2. The van der Waals surface area contributed by atoms with E-state index in [4.69, 9.17) is 24.1 Å².